The lowest BCUT2D eigenvalue weighted by molar-refractivity contribution is 0.102. The van der Waals surface area contributed by atoms with E-state index in [-0.39, 0.29) is 12.3 Å². The number of carbonyl (C=O) groups excluding carboxylic acids is 1. The first-order valence-corrected chi connectivity index (χ1v) is 10.8. The van der Waals surface area contributed by atoms with Crippen LogP contribution < -0.4 is 10.2 Å². The predicted octanol–water partition coefficient (Wildman–Crippen LogP) is 4.82. The highest BCUT2D eigenvalue weighted by Gasteiger charge is 2.27. The van der Waals surface area contributed by atoms with Gasteiger partial charge >= 0.3 is 3.93 Å². The van der Waals surface area contributed by atoms with E-state index in [9.17, 15) is 13.6 Å². The normalized spacial score (nSPS) is 14.3. The van der Waals surface area contributed by atoms with Gasteiger partial charge in [-0.2, -0.15) is 8.78 Å². The van der Waals surface area contributed by atoms with E-state index in [4.69, 9.17) is 0 Å². The van der Waals surface area contributed by atoms with Gasteiger partial charge in [0.05, 0.1) is 5.56 Å². The number of hydrogen-bond donors (Lipinski definition) is 1. The third-order valence-corrected chi connectivity index (χ3v) is 5.36. The molecular formula is C22H20F2IN5O. The zero-order chi connectivity index (χ0) is 22.0. The molecule has 1 aromatic carbocycles. The van der Waals surface area contributed by atoms with E-state index >= 15 is 0 Å². The summed E-state index contributed by atoms with van der Waals surface area (Å²) in [5, 5.41) is 2.80. The van der Waals surface area contributed by atoms with Crippen LogP contribution in [0.3, 0.4) is 0 Å². The topological polar surface area (TPSA) is 71.0 Å². The lowest BCUT2D eigenvalue weighted by atomic mass is 10.00. The molecule has 2 aromatic heterocycles. The summed E-state index contributed by atoms with van der Waals surface area (Å²) in [6.07, 6.45) is 6.03. The van der Waals surface area contributed by atoms with Crippen LogP contribution in [0, 0.1) is 5.92 Å². The molecule has 6 nitrogen and oxygen atoms in total. The third kappa shape index (κ3) is 5.33. The first kappa shape index (κ1) is 21.5. The minimum atomic E-state index is -2.80. The Hall–Kier alpha value is -2.69. The summed E-state index contributed by atoms with van der Waals surface area (Å²) in [6, 6.07) is 8.18. The van der Waals surface area contributed by atoms with Gasteiger partial charge < -0.3 is 10.2 Å². The van der Waals surface area contributed by atoms with Crippen molar-refractivity contribution >= 4 is 40.0 Å². The summed E-state index contributed by atoms with van der Waals surface area (Å²) in [7, 11) is 0. The number of nitrogens with one attached hydrogen (secondary N) is 1. The van der Waals surface area contributed by atoms with Crippen molar-refractivity contribution in [3.05, 3.63) is 66.4 Å². The van der Waals surface area contributed by atoms with Crippen LogP contribution >= 0.6 is 22.6 Å². The molecule has 0 unspecified atom stereocenters. The van der Waals surface area contributed by atoms with Crippen LogP contribution in [-0.4, -0.2) is 37.9 Å². The molecule has 31 heavy (non-hydrogen) atoms. The van der Waals surface area contributed by atoms with Crippen molar-refractivity contribution in [2.75, 3.05) is 23.3 Å². The Morgan fingerprint density at radius 1 is 1.19 bits per heavy atom. The molecule has 1 amide bonds. The summed E-state index contributed by atoms with van der Waals surface area (Å²) < 4.78 is 23.5. The van der Waals surface area contributed by atoms with Gasteiger partial charge in [0.15, 0.2) is 0 Å². The highest BCUT2D eigenvalue weighted by atomic mass is 127. The highest BCUT2D eigenvalue weighted by molar-refractivity contribution is 14.1. The van der Waals surface area contributed by atoms with Crippen molar-refractivity contribution in [2.24, 2.45) is 5.92 Å². The van der Waals surface area contributed by atoms with Gasteiger partial charge in [-0.15, -0.1) is 0 Å². The van der Waals surface area contributed by atoms with Crippen molar-refractivity contribution in [3.63, 3.8) is 0 Å². The molecule has 0 radical (unpaired) electrons. The van der Waals surface area contributed by atoms with Crippen LogP contribution in [-0.2, 0) is 6.42 Å². The molecule has 0 atom stereocenters. The smallest absolute Gasteiger partial charge is 0.300 e. The molecule has 0 spiro atoms. The number of anilines is 2. The average molecular weight is 535 g/mol. The minimum absolute atomic E-state index is 0.332. The van der Waals surface area contributed by atoms with Gasteiger partial charge in [0.25, 0.3) is 5.91 Å². The van der Waals surface area contributed by atoms with E-state index < -0.39 is 3.93 Å². The lowest BCUT2D eigenvalue weighted by Gasteiger charge is -2.39. The number of rotatable bonds is 6. The Morgan fingerprint density at radius 3 is 2.48 bits per heavy atom. The molecule has 1 N–H and O–H groups in total. The van der Waals surface area contributed by atoms with Gasteiger partial charge in [0, 0.05) is 54.9 Å². The summed E-state index contributed by atoms with van der Waals surface area (Å²) in [5.41, 5.74) is 2.98. The number of benzene rings is 1. The van der Waals surface area contributed by atoms with Crippen molar-refractivity contribution in [2.45, 2.75) is 17.3 Å². The number of hydrogen-bond acceptors (Lipinski definition) is 5. The molecule has 9 heteroatoms. The van der Waals surface area contributed by atoms with Gasteiger partial charge in [-0.25, -0.2) is 15.0 Å². The Bertz CT molecular complexity index is 1070. The standard InChI is InChI=1S/C22H20F2IN5O/c1-14-11-30(12-14)20-19(17-8-26-13-27-9-17)6-16(10-28-20)21(31)29-18-4-2-15(3-5-18)7-22(23,24)25/h2-6,8-10,13-14H,7,11-12H2,1H3,(H,29,31). The summed E-state index contributed by atoms with van der Waals surface area (Å²) in [4.78, 5) is 27.7. The fraction of sp³-hybridized carbons (Fsp3) is 0.273. The monoisotopic (exact) mass is 535 g/mol. The van der Waals surface area contributed by atoms with Crippen molar-refractivity contribution < 1.29 is 13.6 Å². The minimum Gasteiger partial charge on any atom is -0.355 e. The summed E-state index contributed by atoms with van der Waals surface area (Å²) in [6.45, 7) is 3.99. The zero-order valence-electron chi connectivity index (χ0n) is 16.7. The first-order valence-electron chi connectivity index (χ1n) is 9.76. The number of amides is 1. The third-order valence-electron chi connectivity index (χ3n) is 4.98. The van der Waals surface area contributed by atoms with E-state index in [1.807, 2.05) is 0 Å². The fourth-order valence-corrected chi connectivity index (χ4v) is 3.94. The molecule has 3 aromatic rings. The number of carbonyl (C=O) groups is 1. The number of alkyl halides is 3. The van der Waals surface area contributed by atoms with Crippen molar-refractivity contribution in [3.8, 4) is 11.1 Å². The lowest BCUT2D eigenvalue weighted by Crippen LogP contribution is -2.45. The number of nitrogens with zero attached hydrogens (tertiary/aromatic N) is 4. The SMILES string of the molecule is CC1CN(c2ncc(C(=O)Nc3ccc(CC(F)(F)I)cc3)cc2-c2cncnc2)C1. The molecule has 0 saturated carbocycles. The maximum atomic E-state index is 13.2. The van der Waals surface area contributed by atoms with Gasteiger partial charge in [-0.05, 0) is 52.3 Å². The van der Waals surface area contributed by atoms with E-state index in [0.29, 0.717) is 22.7 Å². The van der Waals surface area contributed by atoms with Crippen LogP contribution in [0.4, 0.5) is 20.3 Å². The maximum absolute atomic E-state index is 13.2. The van der Waals surface area contributed by atoms with E-state index in [2.05, 4.69) is 32.1 Å². The fourth-order valence-electron chi connectivity index (χ4n) is 3.50. The molecule has 1 aliphatic heterocycles. The molecule has 1 aliphatic rings. The van der Waals surface area contributed by atoms with Crippen LogP contribution in [0.25, 0.3) is 11.1 Å². The van der Waals surface area contributed by atoms with E-state index in [1.165, 1.54) is 6.33 Å². The molecule has 160 valence electrons. The molecule has 0 bridgehead atoms. The van der Waals surface area contributed by atoms with Gasteiger partial charge in [-0.3, -0.25) is 4.79 Å². The van der Waals surface area contributed by atoms with Crippen LogP contribution in [0.5, 0.6) is 0 Å². The maximum Gasteiger partial charge on any atom is 0.300 e. The summed E-state index contributed by atoms with van der Waals surface area (Å²) >= 11 is 1.12. The predicted molar refractivity (Wildman–Crippen MR) is 124 cm³/mol. The quantitative estimate of drug-likeness (QED) is 0.362. The van der Waals surface area contributed by atoms with Crippen molar-refractivity contribution in [1.29, 1.82) is 0 Å². The largest absolute Gasteiger partial charge is 0.355 e. The Morgan fingerprint density at radius 2 is 1.87 bits per heavy atom. The van der Waals surface area contributed by atoms with Crippen LogP contribution in [0.2, 0.25) is 0 Å². The molecule has 4 rings (SSSR count). The Labute approximate surface area is 192 Å². The Balaban J connectivity index is 1.56. The highest BCUT2D eigenvalue weighted by Crippen LogP contribution is 2.33. The molecule has 3 heterocycles. The second-order valence-corrected chi connectivity index (χ2v) is 9.25. The van der Waals surface area contributed by atoms with Crippen molar-refractivity contribution in [1.82, 2.24) is 15.0 Å². The first-order chi connectivity index (χ1) is 14.8. The second kappa shape index (κ2) is 8.81. The van der Waals surface area contributed by atoms with Gasteiger partial charge in [0.1, 0.15) is 12.1 Å². The second-order valence-electron chi connectivity index (χ2n) is 7.68. The molecule has 1 saturated heterocycles. The number of halogens is 3. The molecule has 0 aliphatic carbocycles. The molecule has 1 fully saturated rings. The zero-order valence-corrected chi connectivity index (χ0v) is 18.9. The van der Waals surface area contributed by atoms with E-state index in [1.54, 1.807) is 48.9 Å². The molecular weight excluding hydrogens is 515 g/mol. The number of aromatic nitrogens is 3. The van der Waals surface area contributed by atoms with E-state index in [0.717, 1.165) is 52.6 Å². The van der Waals surface area contributed by atoms with Crippen LogP contribution in [0.15, 0.2) is 55.2 Å². The van der Waals surface area contributed by atoms with Gasteiger partial charge in [0.2, 0.25) is 0 Å². The summed E-state index contributed by atoms with van der Waals surface area (Å²) in [5.74, 6) is 1.06. The Kier molecular flexibility index (Phi) is 6.12. The van der Waals surface area contributed by atoms with Gasteiger partial charge in [-0.1, -0.05) is 19.1 Å². The average Bonchev–Trinajstić information content (AvgIpc) is 2.72. The van der Waals surface area contributed by atoms with Crippen LogP contribution in [0.1, 0.15) is 22.8 Å². The number of pyridine rings is 1.